The highest BCUT2D eigenvalue weighted by molar-refractivity contribution is 7.92. The molecule has 5 nitrogen and oxygen atoms in total. The molecule has 0 radical (unpaired) electrons. The molecule has 140 valence electrons. The molecular weight excluding hydrogens is 434 g/mol. The first kappa shape index (κ1) is 19.6. The van der Waals surface area contributed by atoms with Gasteiger partial charge in [0.25, 0.3) is 15.9 Å². The van der Waals surface area contributed by atoms with Gasteiger partial charge < -0.3 is 5.32 Å². The fraction of sp³-hybridized carbons (Fsp3) is 0. The maximum atomic E-state index is 13.3. The Labute approximate surface area is 168 Å². The fourth-order valence-electron chi connectivity index (χ4n) is 2.17. The molecule has 0 saturated carbocycles. The number of hydrogen-bond acceptors (Lipinski definition) is 4. The summed E-state index contributed by atoms with van der Waals surface area (Å²) in [5.41, 5.74) is 0.569. The Morgan fingerprint density at radius 2 is 1.85 bits per heavy atom. The van der Waals surface area contributed by atoms with Gasteiger partial charge in [-0.2, -0.15) is 0 Å². The molecule has 2 aromatic carbocycles. The van der Waals surface area contributed by atoms with Gasteiger partial charge in [-0.25, -0.2) is 12.8 Å². The molecule has 3 aromatic rings. The number of benzene rings is 2. The van der Waals surface area contributed by atoms with E-state index >= 15 is 0 Å². The van der Waals surface area contributed by atoms with Crippen molar-refractivity contribution >= 4 is 61.8 Å². The van der Waals surface area contributed by atoms with Gasteiger partial charge in [-0.15, -0.1) is 11.3 Å². The highest BCUT2D eigenvalue weighted by atomic mass is 35.5. The minimum atomic E-state index is -4.05. The smallest absolute Gasteiger partial charge is 0.267 e. The van der Waals surface area contributed by atoms with Gasteiger partial charge in [0.05, 0.1) is 15.6 Å². The Morgan fingerprint density at radius 1 is 1.07 bits per heavy atom. The number of amides is 1. The lowest BCUT2D eigenvalue weighted by atomic mass is 10.3. The van der Waals surface area contributed by atoms with Gasteiger partial charge in [-0.05, 0) is 47.8 Å². The van der Waals surface area contributed by atoms with E-state index in [1.165, 1.54) is 6.07 Å². The van der Waals surface area contributed by atoms with E-state index in [-0.39, 0.29) is 20.5 Å². The van der Waals surface area contributed by atoms with Crippen molar-refractivity contribution in [3.63, 3.8) is 0 Å². The summed E-state index contributed by atoms with van der Waals surface area (Å²) < 4.78 is 40.6. The summed E-state index contributed by atoms with van der Waals surface area (Å²) in [5.74, 6) is -1.23. The van der Waals surface area contributed by atoms with E-state index in [0.29, 0.717) is 10.7 Å². The van der Waals surface area contributed by atoms with E-state index in [1.807, 2.05) is 0 Å². The molecule has 10 heteroatoms. The molecule has 0 aliphatic carbocycles. The van der Waals surface area contributed by atoms with Gasteiger partial charge in [0.15, 0.2) is 0 Å². The zero-order chi connectivity index (χ0) is 19.6. The van der Waals surface area contributed by atoms with Crippen molar-refractivity contribution in [3.05, 3.63) is 74.7 Å². The number of carbonyl (C=O) groups is 1. The Kier molecular flexibility index (Phi) is 5.71. The SMILES string of the molecule is O=C(Nc1cccc(Cl)c1)c1sccc1NS(=O)(=O)c1ccc(F)c(Cl)c1. The average molecular weight is 445 g/mol. The van der Waals surface area contributed by atoms with Crippen LogP contribution in [-0.4, -0.2) is 14.3 Å². The monoisotopic (exact) mass is 444 g/mol. The Bertz CT molecular complexity index is 1120. The van der Waals surface area contributed by atoms with Crippen molar-refractivity contribution in [2.45, 2.75) is 4.90 Å². The van der Waals surface area contributed by atoms with Gasteiger partial charge in [0.2, 0.25) is 0 Å². The van der Waals surface area contributed by atoms with Crippen LogP contribution in [0.5, 0.6) is 0 Å². The summed E-state index contributed by atoms with van der Waals surface area (Å²) >= 11 is 12.6. The molecule has 0 unspecified atom stereocenters. The molecule has 0 fully saturated rings. The van der Waals surface area contributed by atoms with Gasteiger partial charge in [-0.3, -0.25) is 9.52 Å². The van der Waals surface area contributed by atoms with Crippen LogP contribution in [0.25, 0.3) is 0 Å². The maximum Gasteiger partial charge on any atom is 0.267 e. The van der Waals surface area contributed by atoms with Gasteiger partial charge >= 0.3 is 0 Å². The van der Waals surface area contributed by atoms with Crippen molar-refractivity contribution < 1.29 is 17.6 Å². The molecule has 1 aromatic heterocycles. The fourth-order valence-corrected chi connectivity index (χ4v) is 4.51. The number of thiophene rings is 1. The lowest BCUT2D eigenvalue weighted by molar-refractivity contribution is 0.103. The Balaban J connectivity index is 1.84. The number of rotatable bonds is 5. The number of sulfonamides is 1. The van der Waals surface area contributed by atoms with E-state index in [4.69, 9.17) is 23.2 Å². The Hall–Kier alpha value is -2.13. The van der Waals surface area contributed by atoms with Crippen molar-refractivity contribution in [2.24, 2.45) is 0 Å². The molecule has 0 saturated heterocycles. The van der Waals surface area contributed by atoms with E-state index < -0.39 is 21.7 Å². The second kappa shape index (κ2) is 7.85. The standard InChI is InChI=1S/C17H11Cl2FN2O3S2/c18-10-2-1-3-11(8-10)21-17(23)16-15(6-7-26-16)22-27(24,25)12-4-5-14(20)13(19)9-12/h1-9,22H,(H,21,23). The molecule has 3 rings (SSSR count). The maximum absolute atomic E-state index is 13.3. The third-order valence-corrected chi connectivity index (χ3v) is 6.20. The van der Waals surface area contributed by atoms with Crippen molar-refractivity contribution in [1.82, 2.24) is 0 Å². The van der Waals surface area contributed by atoms with Crippen LogP contribution >= 0.6 is 34.5 Å². The van der Waals surface area contributed by atoms with Gasteiger partial charge in [0, 0.05) is 10.7 Å². The van der Waals surface area contributed by atoms with Crippen LogP contribution in [0.3, 0.4) is 0 Å². The van der Waals surface area contributed by atoms with Crippen molar-refractivity contribution in [3.8, 4) is 0 Å². The summed E-state index contributed by atoms with van der Waals surface area (Å²) in [6.07, 6.45) is 0. The van der Waals surface area contributed by atoms with Crippen LogP contribution in [0, 0.1) is 5.82 Å². The number of hydrogen-bond donors (Lipinski definition) is 2. The summed E-state index contributed by atoms with van der Waals surface area (Å²) in [7, 11) is -4.05. The molecule has 1 heterocycles. The first-order valence-corrected chi connectivity index (χ1v) is 10.5. The lowest BCUT2D eigenvalue weighted by Gasteiger charge is -2.10. The number of carbonyl (C=O) groups excluding carboxylic acids is 1. The van der Waals surface area contributed by atoms with Gasteiger partial charge in [0.1, 0.15) is 10.7 Å². The molecule has 0 atom stereocenters. The largest absolute Gasteiger partial charge is 0.321 e. The van der Waals surface area contributed by atoms with E-state index in [2.05, 4.69) is 10.0 Å². The van der Waals surface area contributed by atoms with E-state index in [1.54, 1.807) is 29.6 Å². The second-order valence-corrected chi connectivity index (χ2v) is 8.75. The second-order valence-electron chi connectivity index (χ2n) is 5.31. The number of nitrogens with one attached hydrogen (secondary N) is 2. The van der Waals surface area contributed by atoms with Crippen LogP contribution in [0.15, 0.2) is 58.8 Å². The first-order valence-electron chi connectivity index (χ1n) is 7.38. The van der Waals surface area contributed by atoms with Crippen LogP contribution in [0.4, 0.5) is 15.8 Å². The summed E-state index contributed by atoms with van der Waals surface area (Å²) in [5, 5.41) is 4.36. The summed E-state index contributed by atoms with van der Waals surface area (Å²) in [4.78, 5) is 12.4. The quantitative estimate of drug-likeness (QED) is 0.564. The molecule has 0 bridgehead atoms. The average Bonchev–Trinajstić information content (AvgIpc) is 3.04. The van der Waals surface area contributed by atoms with Crippen molar-refractivity contribution in [2.75, 3.05) is 10.0 Å². The minimum Gasteiger partial charge on any atom is -0.321 e. The zero-order valence-electron chi connectivity index (χ0n) is 13.4. The highest BCUT2D eigenvalue weighted by Crippen LogP contribution is 2.28. The van der Waals surface area contributed by atoms with Crippen LogP contribution in [0.2, 0.25) is 10.0 Å². The first-order chi connectivity index (χ1) is 12.8. The Morgan fingerprint density at radius 3 is 2.56 bits per heavy atom. The predicted octanol–water partition coefficient (Wildman–Crippen LogP) is 5.25. The lowest BCUT2D eigenvalue weighted by Crippen LogP contribution is -2.17. The highest BCUT2D eigenvalue weighted by Gasteiger charge is 2.21. The topological polar surface area (TPSA) is 75.3 Å². The van der Waals surface area contributed by atoms with Crippen LogP contribution < -0.4 is 10.0 Å². The number of halogens is 3. The summed E-state index contributed by atoms with van der Waals surface area (Å²) in [6, 6.07) is 11.1. The zero-order valence-corrected chi connectivity index (χ0v) is 16.5. The third-order valence-electron chi connectivity index (χ3n) is 3.40. The number of anilines is 2. The molecule has 0 aliphatic rings. The van der Waals surface area contributed by atoms with Gasteiger partial charge in [-0.1, -0.05) is 29.3 Å². The van der Waals surface area contributed by atoms with Crippen LogP contribution in [0.1, 0.15) is 9.67 Å². The van der Waals surface area contributed by atoms with Crippen LogP contribution in [-0.2, 0) is 10.0 Å². The normalized spacial score (nSPS) is 11.2. The molecule has 2 N–H and O–H groups in total. The molecular formula is C17H11Cl2FN2O3S2. The summed E-state index contributed by atoms with van der Waals surface area (Å²) in [6.45, 7) is 0. The molecule has 0 spiro atoms. The van der Waals surface area contributed by atoms with E-state index in [0.717, 1.165) is 29.5 Å². The third kappa shape index (κ3) is 4.59. The van der Waals surface area contributed by atoms with Crippen molar-refractivity contribution in [1.29, 1.82) is 0 Å². The molecule has 27 heavy (non-hydrogen) atoms. The molecule has 0 aliphatic heterocycles. The molecule has 1 amide bonds. The minimum absolute atomic E-state index is 0.0972. The van der Waals surface area contributed by atoms with E-state index in [9.17, 15) is 17.6 Å². The predicted molar refractivity (Wildman–Crippen MR) is 106 cm³/mol.